The lowest BCUT2D eigenvalue weighted by atomic mass is 9.68. The maximum Gasteiger partial charge on any atom is 0.231 e. The molecule has 0 atom stereocenters. The molecule has 0 heterocycles. The summed E-state index contributed by atoms with van der Waals surface area (Å²) in [5.41, 5.74) is 6.18. The molecule has 1 aromatic rings. The number of carbonyl (C=O) groups excluding carboxylic acids is 1. The summed E-state index contributed by atoms with van der Waals surface area (Å²) in [6.45, 7) is 0.437. The second-order valence-electron chi connectivity index (χ2n) is 4.30. The minimum absolute atomic E-state index is 0.0550. The van der Waals surface area contributed by atoms with E-state index in [9.17, 15) is 4.79 Å². The van der Waals surface area contributed by atoms with Gasteiger partial charge >= 0.3 is 0 Å². The van der Waals surface area contributed by atoms with E-state index in [0.717, 1.165) is 29.4 Å². The van der Waals surface area contributed by atoms with Crippen molar-refractivity contribution in [2.24, 2.45) is 11.1 Å². The van der Waals surface area contributed by atoms with Gasteiger partial charge < -0.3 is 11.1 Å². The van der Waals surface area contributed by atoms with Crippen LogP contribution in [0.2, 0.25) is 0 Å². The van der Waals surface area contributed by atoms with E-state index in [1.54, 1.807) is 0 Å². The Morgan fingerprint density at radius 2 is 2.25 bits per heavy atom. The van der Waals surface area contributed by atoms with Gasteiger partial charge in [-0.1, -0.05) is 28.4 Å². The van der Waals surface area contributed by atoms with Crippen molar-refractivity contribution in [3.8, 4) is 0 Å². The third kappa shape index (κ3) is 2.13. The van der Waals surface area contributed by atoms with Crippen LogP contribution in [0.4, 0.5) is 5.69 Å². The number of nitrogens with two attached hydrogens (primary N) is 1. The van der Waals surface area contributed by atoms with Gasteiger partial charge in [0.2, 0.25) is 5.91 Å². The van der Waals surface area contributed by atoms with Crippen LogP contribution in [0, 0.1) is 5.41 Å². The summed E-state index contributed by atoms with van der Waals surface area (Å²) in [6.07, 6.45) is 2.91. The van der Waals surface area contributed by atoms with E-state index in [4.69, 9.17) is 5.73 Å². The first-order valence-electron chi connectivity index (χ1n) is 5.43. The molecule has 2 rings (SSSR count). The highest BCUT2D eigenvalue weighted by Crippen LogP contribution is 2.40. The lowest BCUT2D eigenvalue weighted by Crippen LogP contribution is -2.47. The van der Waals surface area contributed by atoms with Gasteiger partial charge in [-0.25, -0.2) is 0 Å². The van der Waals surface area contributed by atoms with Gasteiger partial charge in [0, 0.05) is 16.7 Å². The molecular formula is C12H15BrN2O. The first kappa shape index (κ1) is 11.6. The van der Waals surface area contributed by atoms with E-state index in [1.807, 2.05) is 24.3 Å². The second-order valence-corrected chi connectivity index (χ2v) is 5.22. The highest BCUT2D eigenvalue weighted by Gasteiger charge is 2.42. The van der Waals surface area contributed by atoms with Crippen LogP contribution in [-0.2, 0) is 4.79 Å². The number of amides is 1. The average molecular weight is 283 g/mol. The van der Waals surface area contributed by atoms with E-state index < -0.39 is 0 Å². The smallest absolute Gasteiger partial charge is 0.231 e. The van der Waals surface area contributed by atoms with E-state index in [1.165, 1.54) is 0 Å². The average Bonchev–Trinajstić information content (AvgIpc) is 2.16. The van der Waals surface area contributed by atoms with Gasteiger partial charge in [-0.05, 0) is 31.0 Å². The monoisotopic (exact) mass is 282 g/mol. The lowest BCUT2D eigenvalue weighted by Gasteiger charge is -2.39. The van der Waals surface area contributed by atoms with Gasteiger partial charge in [-0.3, -0.25) is 4.79 Å². The topological polar surface area (TPSA) is 55.1 Å². The van der Waals surface area contributed by atoms with E-state index >= 15 is 0 Å². The number of rotatable bonds is 3. The van der Waals surface area contributed by atoms with E-state index in [2.05, 4.69) is 21.2 Å². The quantitative estimate of drug-likeness (QED) is 0.895. The van der Waals surface area contributed by atoms with Crippen molar-refractivity contribution in [3.63, 3.8) is 0 Å². The van der Waals surface area contributed by atoms with E-state index in [0.29, 0.717) is 6.54 Å². The predicted octanol–water partition coefficient (Wildman–Crippen LogP) is 2.52. The fourth-order valence-corrected chi connectivity index (χ4v) is 2.36. The maximum absolute atomic E-state index is 12.1. The number of halogens is 1. The molecule has 0 aliphatic heterocycles. The zero-order chi connectivity index (χ0) is 11.6. The molecule has 3 N–H and O–H groups in total. The Kier molecular flexibility index (Phi) is 3.30. The third-order valence-electron chi connectivity index (χ3n) is 3.27. The fraction of sp³-hybridized carbons (Fsp3) is 0.417. The van der Waals surface area contributed by atoms with Crippen molar-refractivity contribution in [2.75, 3.05) is 11.9 Å². The molecule has 0 saturated heterocycles. The van der Waals surface area contributed by atoms with Crippen LogP contribution in [0.15, 0.2) is 28.7 Å². The van der Waals surface area contributed by atoms with Crippen molar-refractivity contribution >= 4 is 27.5 Å². The minimum Gasteiger partial charge on any atom is -0.329 e. The highest BCUT2D eigenvalue weighted by atomic mass is 79.9. The number of carbonyl (C=O) groups is 1. The molecule has 4 heteroatoms. The molecule has 3 nitrogen and oxygen atoms in total. The van der Waals surface area contributed by atoms with Crippen molar-refractivity contribution in [1.82, 2.24) is 0 Å². The Morgan fingerprint density at radius 1 is 1.50 bits per heavy atom. The Hall–Kier alpha value is -0.870. The largest absolute Gasteiger partial charge is 0.329 e. The number of anilines is 1. The molecule has 86 valence electrons. The van der Waals surface area contributed by atoms with Gasteiger partial charge in [0.15, 0.2) is 0 Å². The Balaban J connectivity index is 2.07. The van der Waals surface area contributed by atoms with Crippen molar-refractivity contribution in [3.05, 3.63) is 28.7 Å². The summed E-state index contributed by atoms with van der Waals surface area (Å²) in [6, 6.07) is 7.60. The molecule has 1 aliphatic rings. The second kappa shape index (κ2) is 4.55. The molecule has 0 aromatic heterocycles. The van der Waals surface area contributed by atoms with E-state index in [-0.39, 0.29) is 11.3 Å². The first-order valence-corrected chi connectivity index (χ1v) is 6.23. The Bertz CT molecular complexity index is 396. The van der Waals surface area contributed by atoms with Gasteiger partial charge in [-0.15, -0.1) is 0 Å². The van der Waals surface area contributed by atoms with Crippen LogP contribution in [0.25, 0.3) is 0 Å². The molecule has 0 bridgehead atoms. The van der Waals surface area contributed by atoms with Crippen LogP contribution < -0.4 is 11.1 Å². The molecule has 1 fully saturated rings. The first-order chi connectivity index (χ1) is 7.66. The van der Waals surface area contributed by atoms with Crippen molar-refractivity contribution in [1.29, 1.82) is 0 Å². The lowest BCUT2D eigenvalue weighted by molar-refractivity contribution is -0.129. The Labute approximate surface area is 104 Å². The Morgan fingerprint density at radius 3 is 2.75 bits per heavy atom. The highest BCUT2D eigenvalue weighted by molar-refractivity contribution is 9.10. The van der Waals surface area contributed by atoms with Crippen LogP contribution in [0.3, 0.4) is 0 Å². The number of hydrogen-bond donors (Lipinski definition) is 2. The van der Waals surface area contributed by atoms with Crippen molar-refractivity contribution < 1.29 is 4.79 Å². The fourth-order valence-electron chi connectivity index (χ4n) is 1.96. The standard InChI is InChI=1S/C12H15BrN2O/c13-9-3-1-4-10(7-9)15-11(16)12(8-14)5-2-6-12/h1,3-4,7H,2,5-6,8,14H2,(H,15,16). The summed E-state index contributed by atoms with van der Waals surface area (Å²) in [7, 11) is 0. The molecule has 0 spiro atoms. The number of hydrogen-bond acceptors (Lipinski definition) is 2. The molecule has 1 aromatic carbocycles. The summed E-state index contributed by atoms with van der Waals surface area (Å²) >= 11 is 3.37. The van der Waals surface area contributed by atoms with Crippen LogP contribution in [0.5, 0.6) is 0 Å². The molecular weight excluding hydrogens is 268 g/mol. The summed E-state index contributed by atoms with van der Waals surface area (Å²) < 4.78 is 0.959. The molecule has 1 aliphatic carbocycles. The minimum atomic E-state index is -0.317. The summed E-state index contributed by atoms with van der Waals surface area (Å²) in [5.74, 6) is 0.0550. The molecule has 0 radical (unpaired) electrons. The van der Waals surface area contributed by atoms with Gasteiger partial charge in [-0.2, -0.15) is 0 Å². The van der Waals surface area contributed by atoms with Gasteiger partial charge in [0.05, 0.1) is 5.41 Å². The number of nitrogens with one attached hydrogen (secondary N) is 1. The summed E-state index contributed by atoms with van der Waals surface area (Å²) in [5, 5.41) is 2.93. The predicted molar refractivity (Wildman–Crippen MR) is 68.1 cm³/mol. The van der Waals surface area contributed by atoms with Crippen LogP contribution in [-0.4, -0.2) is 12.5 Å². The SMILES string of the molecule is NCC1(C(=O)Nc2cccc(Br)c2)CCC1. The normalized spacial score (nSPS) is 17.6. The van der Waals surface area contributed by atoms with Crippen molar-refractivity contribution in [2.45, 2.75) is 19.3 Å². The molecule has 16 heavy (non-hydrogen) atoms. The zero-order valence-electron chi connectivity index (χ0n) is 9.00. The summed E-state index contributed by atoms with van der Waals surface area (Å²) in [4.78, 5) is 12.1. The molecule has 0 unspecified atom stereocenters. The zero-order valence-corrected chi connectivity index (χ0v) is 10.6. The molecule has 1 saturated carbocycles. The molecule has 1 amide bonds. The maximum atomic E-state index is 12.1. The van der Waals surface area contributed by atoms with Gasteiger partial charge in [0.25, 0.3) is 0 Å². The van der Waals surface area contributed by atoms with Crippen LogP contribution in [0.1, 0.15) is 19.3 Å². The van der Waals surface area contributed by atoms with Gasteiger partial charge in [0.1, 0.15) is 0 Å². The third-order valence-corrected chi connectivity index (χ3v) is 3.76. The van der Waals surface area contributed by atoms with Crippen LogP contribution >= 0.6 is 15.9 Å². The number of benzene rings is 1.